The summed E-state index contributed by atoms with van der Waals surface area (Å²) in [5, 5.41) is 4.16. The quantitative estimate of drug-likeness (QED) is 0.620. The van der Waals surface area contributed by atoms with Gasteiger partial charge in [-0.25, -0.2) is 0 Å². The summed E-state index contributed by atoms with van der Waals surface area (Å²) in [6.07, 6.45) is 1.90. The lowest BCUT2D eigenvalue weighted by Gasteiger charge is -2.19. The van der Waals surface area contributed by atoms with Crippen LogP contribution in [-0.2, 0) is 14.4 Å². The topological polar surface area (TPSA) is 55.7 Å². The predicted molar refractivity (Wildman–Crippen MR) is 91.0 cm³/mol. The monoisotopic (exact) mass is 325 g/mol. The maximum Gasteiger partial charge on any atom is 0.152 e. The summed E-state index contributed by atoms with van der Waals surface area (Å²) in [5.41, 5.74) is 5.16. The van der Waals surface area contributed by atoms with E-state index in [1.54, 1.807) is 0 Å². The summed E-state index contributed by atoms with van der Waals surface area (Å²) >= 11 is 0. The Balaban J connectivity index is 1.78. The highest BCUT2D eigenvalue weighted by molar-refractivity contribution is 6.21. The Bertz CT molecular complexity index is 724. The molecule has 3 aliphatic rings. The number of Topliss-reactive ketones (excluding diaryl/α,β-unsaturated/α-hetero) is 2. The summed E-state index contributed by atoms with van der Waals surface area (Å²) in [6, 6.07) is 4.15. The highest BCUT2D eigenvalue weighted by atomic mass is 16.6. The lowest BCUT2D eigenvalue weighted by atomic mass is 9.81. The van der Waals surface area contributed by atoms with Crippen LogP contribution in [-0.4, -0.2) is 24.4 Å². The fourth-order valence-corrected chi connectivity index (χ4v) is 5.60. The van der Waals surface area contributed by atoms with Gasteiger partial charge in [0, 0.05) is 23.7 Å². The van der Waals surface area contributed by atoms with Crippen molar-refractivity contribution in [1.29, 1.82) is 0 Å². The molecular weight excluding hydrogens is 302 g/mol. The van der Waals surface area contributed by atoms with Crippen molar-refractivity contribution in [2.45, 2.75) is 39.5 Å². The van der Waals surface area contributed by atoms with Gasteiger partial charge in [0.2, 0.25) is 0 Å². The summed E-state index contributed by atoms with van der Waals surface area (Å²) in [4.78, 5) is 31.4. The van der Waals surface area contributed by atoms with Gasteiger partial charge in [-0.15, -0.1) is 0 Å². The molecular formula is C20H23NO3. The second-order valence-corrected chi connectivity index (χ2v) is 7.59. The van der Waals surface area contributed by atoms with Gasteiger partial charge in [-0.1, -0.05) is 22.9 Å². The molecule has 0 saturated heterocycles. The number of carbonyl (C=O) groups excluding carboxylic acids is 2. The number of oxime groups is 1. The summed E-state index contributed by atoms with van der Waals surface area (Å²) in [5.74, 6) is -0.523. The van der Waals surface area contributed by atoms with Gasteiger partial charge in [-0.2, -0.15) is 0 Å². The fraction of sp³-hybridized carbons (Fsp3) is 0.550. The van der Waals surface area contributed by atoms with Gasteiger partial charge >= 0.3 is 0 Å². The van der Waals surface area contributed by atoms with Gasteiger partial charge < -0.3 is 4.84 Å². The summed E-state index contributed by atoms with van der Waals surface area (Å²) in [6.45, 7) is 6.07. The van der Waals surface area contributed by atoms with E-state index in [4.69, 9.17) is 4.84 Å². The number of aryl methyl sites for hydroxylation is 3. The zero-order valence-corrected chi connectivity index (χ0v) is 14.6. The maximum atomic E-state index is 13.2. The molecule has 0 spiro atoms. The average molecular weight is 325 g/mol. The van der Waals surface area contributed by atoms with Gasteiger partial charge in [-0.3, -0.25) is 9.59 Å². The number of fused-ring (bicyclic) bond motifs is 5. The van der Waals surface area contributed by atoms with Crippen molar-refractivity contribution >= 4 is 17.3 Å². The molecule has 4 nitrogen and oxygen atoms in total. The van der Waals surface area contributed by atoms with E-state index in [0.29, 0.717) is 0 Å². The molecule has 1 unspecified atom stereocenters. The van der Waals surface area contributed by atoms with E-state index in [9.17, 15) is 9.59 Å². The minimum atomic E-state index is -0.576. The maximum absolute atomic E-state index is 13.2. The highest BCUT2D eigenvalue weighted by Gasteiger charge is 2.65. The summed E-state index contributed by atoms with van der Waals surface area (Å²) in [7, 11) is 1.53. The van der Waals surface area contributed by atoms with Gasteiger partial charge in [0.15, 0.2) is 11.6 Å². The van der Waals surface area contributed by atoms with E-state index in [2.05, 4.69) is 17.3 Å². The molecule has 4 rings (SSSR count). The Morgan fingerprint density at radius 2 is 1.46 bits per heavy atom. The van der Waals surface area contributed by atoms with E-state index in [1.807, 2.05) is 20.8 Å². The number of rotatable bonds is 2. The largest absolute Gasteiger partial charge is 0.399 e. The van der Waals surface area contributed by atoms with E-state index in [-0.39, 0.29) is 35.2 Å². The molecule has 3 saturated carbocycles. The standard InChI is InChI=1S/C20H23NO3/c1-9-7-10(2)14(11(3)8-9)17-19(22)15-12-5-6-13(16(15)20(17)23)18(12)21-24-4/h7-8,12-13,15-17H,5-6H2,1-4H3/b21-18-/t12-,13+,15-,16+,17?/m0/s1. The SMILES string of the molecule is CO/N=C1/[C@H]2CC[C@@H]1[C@H]1C(=O)C(c3c(C)cc(C)cc3C)C(=O)[C@H]12. The Kier molecular flexibility index (Phi) is 3.41. The molecule has 0 radical (unpaired) electrons. The first-order chi connectivity index (χ1) is 11.5. The molecule has 24 heavy (non-hydrogen) atoms. The number of carbonyl (C=O) groups is 2. The molecule has 0 aliphatic heterocycles. The van der Waals surface area contributed by atoms with Crippen LogP contribution in [0.1, 0.15) is 41.0 Å². The lowest BCUT2D eigenvalue weighted by Crippen LogP contribution is -2.24. The molecule has 1 aromatic carbocycles. The van der Waals surface area contributed by atoms with Crippen LogP contribution in [0, 0.1) is 44.4 Å². The van der Waals surface area contributed by atoms with Crippen LogP contribution in [0.2, 0.25) is 0 Å². The van der Waals surface area contributed by atoms with Crippen molar-refractivity contribution in [3.05, 3.63) is 34.4 Å². The van der Waals surface area contributed by atoms with Gasteiger partial charge in [0.1, 0.15) is 13.0 Å². The second-order valence-electron chi connectivity index (χ2n) is 7.59. The Morgan fingerprint density at radius 3 is 1.92 bits per heavy atom. The smallest absolute Gasteiger partial charge is 0.152 e. The third-order valence-corrected chi connectivity index (χ3v) is 6.25. The Morgan fingerprint density at radius 1 is 0.958 bits per heavy atom. The molecule has 3 aliphatic carbocycles. The van der Waals surface area contributed by atoms with E-state index in [0.717, 1.165) is 35.2 Å². The molecule has 0 aromatic heterocycles. The number of hydrogen-bond acceptors (Lipinski definition) is 4. The minimum absolute atomic E-state index is 0.104. The molecule has 2 bridgehead atoms. The number of hydrogen-bond donors (Lipinski definition) is 0. The Labute approximate surface area is 142 Å². The molecule has 0 amide bonds. The minimum Gasteiger partial charge on any atom is -0.399 e. The average Bonchev–Trinajstić information content (AvgIpc) is 3.12. The number of ketones is 2. The Hall–Kier alpha value is -1.97. The van der Waals surface area contributed by atoms with Crippen molar-refractivity contribution in [2.24, 2.45) is 28.8 Å². The van der Waals surface area contributed by atoms with Crippen LogP contribution in [0.4, 0.5) is 0 Å². The van der Waals surface area contributed by atoms with Crippen molar-refractivity contribution < 1.29 is 14.4 Å². The molecule has 4 heteroatoms. The third-order valence-electron chi connectivity index (χ3n) is 6.25. The van der Waals surface area contributed by atoms with Crippen molar-refractivity contribution in [3.63, 3.8) is 0 Å². The first kappa shape index (κ1) is 15.6. The van der Waals surface area contributed by atoms with E-state index >= 15 is 0 Å². The highest BCUT2D eigenvalue weighted by Crippen LogP contribution is 2.57. The molecule has 5 atom stereocenters. The van der Waals surface area contributed by atoms with Crippen LogP contribution in [0.5, 0.6) is 0 Å². The van der Waals surface area contributed by atoms with Crippen molar-refractivity contribution in [2.75, 3.05) is 7.11 Å². The first-order valence-electron chi connectivity index (χ1n) is 8.71. The zero-order valence-electron chi connectivity index (χ0n) is 14.6. The summed E-state index contributed by atoms with van der Waals surface area (Å²) < 4.78 is 0. The van der Waals surface area contributed by atoms with Crippen LogP contribution in [0.15, 0.2) is 17.3 Å². The van der Waals surface area contributed by atoms with Crippen LogP contribution < -0.4 is 0 Å². The van der Waals surface area contributed by atoms with E-state index < -0.39 is 5.92 Å². The van der Waals surface area contributed by atoms with Crippen molar-refractivity contribution in [3.8, 4) is 0 Å². The van der Waals surface area contributed by atoms with Gasteiger partial charge in [0.05, 0.1) is 5.71 Å². The predicted octanol–water partition coefficient (Wildman–Crippen LogP) is 3.12. The zero-order chi connectivity index (χ0) is 17.2. The van der Waals surface area contributed by atoms with E-state index in [1.165, 1.54) is 12.7 Å². The second kappa shape index (κ2) is 5.27. The fourth-order valence-electron chi connectivity index (χ4n) is 5.60. The lowest BCUT2D eigenvalue weighted by molar-refractivity contribution is -0.125. The van der Waals surface area contributed by atoms with Gasteiger partial charge in [-0.05, 0) is 50.3 Å². The number of nitrogens with zero attached hydrogens (tertiary/aromatic N) is 1. The molecule has 3 fully saturated rings. The molecule has 126 valence electrons. The normalized spacial score (nSPS) is 35.8. The van der Waals surface area contributed by atoms with Crippen molar-refractivity contribution in [1.82, 2.24) is 0 Å². The van der Waals surface area contributed by atoms with Crippen LogP contribution >= 0.6 is 0 Å². The first-order valence-corrected chi connectivity index (χ1v) is 8.71. The van der Waals surface area contributed by atoms with Gasteiger partial charge in [0.25, 0.3) is 0 Å². The molecule has 0 heterocycles. The molecule has 0 N–H and O–H groups in total. The molecule has 1 aromatic rings. The van der Waals surface area contributed by atoms with Crippen LogP contribution in [0.25, 0.3) is 0 Å². The van der Waals surface area contributed by atoms with Crippen LogP contribution in [0.3, 0.4) is 0 Å². The third kappa shape index (κ3) is 1.89. The number of benzene rings is 1.